The molecule has 7 heteroatoms. The van der Waals surface area contributed by atoms with Crippen molar-refractivity contribution >= 4 is 23.6 Å². The van der Waals surface area contributed by atoms with Gasteiger partial charge in [0.15, 0.2) is 11.5 Å². The number of rotatable bonds is 9. The highest BCUT2D eigenvalue weighted by atomic mass is 35.5. The Morgan fingerprint density at radius 3 is 2.70 bits per heavy atom. The van der Waals surface area contributed by atoms with Gasteiger partial charge in [0.05, 0.1) is 18.7 Å². The number of halogens is 1. The second-order valence-corrected chi connectivity index (χ2v) is 7.00. The van der Waals surface area contributed by atoms with E-state index < -0.39 is 0 Å². The molecule has 0 spiro atoms. The molecule has 0 saturated carbocycles. The first kappa shape index (κ1) is 21.5. The first-order chi connectivity index (χ1) is 13.0. The Labute approximate surface area is 167 Å². The Kier molecular flexibility index (Phi) is 8.91. The van der Waals surface area contributed by atoms with Gasteiger partial charge in [0.2, 0.25) is 5.91 Å². The molecule has 0 aromatic heterocycles. The van der Waals surface area contributed by atoms with Crippen molar-refractivity contribution in [2.75, 3.05) is 60.0 Å². The quantitative estimate of drug-likeness (QED) is 0.514. The summed E-state index contributed by atoms with van der Waals surface area (Å²) >= 11 is 6.25. The Bertz CT molecular complexity index is 644. The smallest absolute Gasteiger partial charge is 0.243 e. The number of carbonyl (C=O) groups is 1. The van der Waals surface area contributed by atoms with E-state index in [4.69, 9.17) is 21.1 Å². The number of nitrogens with zero attached hydrogens (tertiary/aromatic N) is 2. The number of likely N-dealkylation sites (N-methyl/N-ethyl adjacent to an activating group) is 1. The molecule has 150 valence electrons. The maximum atomic E-state index is 12.0. The summed E-state index contributed by atoms with van der Waals surface area (Å²) in [5, 5.41) is 3.39. The number of methoxy groups -OCH3 is 1. The van der Waals surface area contributed by atoms with E-state index in [0.717, 1.165) is 44.7 Å². The van der Waals surface area contributed by atoms with Gasteiger partial charge in [-0.1, -0.05) is 11.6 Å². The average Bonchev–Trinajstić information content (AvgIpc) is 2.66. The fraction of sp³-hybridized carbons (Fsp3) is 0.550. The maximum Gasteiger partial charge on any atom is 0.243 e. The Balaban J connectivity index is 1.78. The van der Waals surface area contributed by atoms with Crippen LogP contribution in [-0.4, -0.2) is 75.7 Å². The van der Waals surface area contributed by atoms with Crippen molar-refractivity contribution in [3.05, 3.63) is 28.8 Å². The lowest BCUT2D eigenvalue weighted by atomic mass is 10.2. The van der Waals surface area contributed by atoms with Crippen molar-refractivity contribution in [2.24, 2.45) is 0 Å². The molecule has 0 bridgehead atoms. The molecule has 1 aliphatic heterocycles. The number of nitrogens with one attached hydrogen (secondary N) is 1. The van der Waals surface area contributed by atoms with Gasteiger partial charge < -0.3 is 24.6 Å². The summed E-state index contributed by atoms with van der Waals surface area (Å²) in [7, 11) is 3.71. The molecule has 0 unspecified atom stereocenters. The SMILES string of the molecule is CCOc1c(Cl)cc(/C=C/C(=O)NCCCN2CCN(C)CC2)cc1OC. The molecule has 27 heavy (non-hydrogen) atoms. The lowest BCUT2D eigenvalue weighted by Crippen LogP contribution is -2.45. The molecule has 1 saturated heterocycles. The molecule has 0 aliphatic carbocycles. The highest BCUT2D eigenvalue weighted by Crippen LogP contribution is 2.36. The number of benzene rings is 1. The Hall–Kier alpha value is -1.76. The molecule has 1 aromatic rings. The largest absolute Gasteiger partial charge is 0.493 e. The molecule has 2 rings (SSSR count). The lowest BCUT2D eigenvalue weighted by molar-refractivity contribution is -0.116. The highest BCUT2D eigenvalue weighted by Gasteiger charge is 2.13. The number of hydrogen-bond donors (Lipinski definition) is 1. The van der Waals surface area contributed by atoms with E-state index >= 15 is 0 Å². The van der Waals surface area contributed by atoms with Crippen molar-refractivity contribution in [1.82, 2.24) is 15.1 Å². The highest BCUT2D eigenvalue weighted by molar-refractivity contribution is 6.32. The third kappa shape index (κ3) is 7.05. The predicted molar refractivity (Wildman–Crippen MR) is 110 cm³/mol. The normalized spacial score (nSPS) is 15.9. The molecular weight excluding hydrogens is 366 g/mol. The van der Waals surface area contributed by atoms with E-state index in [-0.39, 0.29) is 5.91 Å². The standard InChI is InChI=1S/C20H30ClN3O3/c1-4-27-20-17(21)14-16(15-18(20)26-3)6-7-19(25)22-8-5-9-24-12-10-23(2)11-13-24/h6-7,14-15H,4-5,8-13H2,1-3H3,(H,22,25)/b7-6+. The zero-order chi connectivity index (χ0) is 19.6. The van der Waals surface area contributed by atoms with Gasteiger partial charge in [0, 0.05) is 38.8 Å². The van der Waals surface area contributed by atoms with Gasteiger partial charge in [0.1, 0.15) is 0 Å². The van der Waals surface area contributed by atoms with E-state index in [1.807, 2.05) is 6.92 Å². The summed E-state index contributed by atoms with van der Waals surface area (Å²) in [5.41, 5.74) is 0.785. The molecule has 0 atom stereocenters. The molecule has 1 fully saturated rings. The summed E-state index contributed by atoms with van der Waals surface area (Å²) in [4.78, 5) is 16.8. The second-order valence-electron chi connectivity index (χ2n) is 6.59. The first-order valence-corrected chi connectivity index (χ1v) is 9.78. The van der Waals surface area contributed by atoms with Gasteiger partial charge in [-0.05, 0) is 50.7 Å². The molecule has 6 nitrogen and oxygen atoms in total. The van der Waals surface area contributed by atoms with Gasteiger partial charge in [-0.2, -0.15) is 0 Å². The Morgan fingerprint density at radius 1 is 1.30 bits per heavy atom. The summed E-state index contributed by atoms with van der Waals surface area (Å²) in [5.74, 6) is 0.959. The zero-order valence-electron chi connectivity index (χ0n) is 16.5. The van der Waals surface area contributed by atoms with E-state index in [2.05, 4.69) is 22.2 Å². The monoisotopic (exact) mass is 395 g/mol. The number of hydrogen-bond acceptors (Lipinski definition) is 5. The summed E-state index contributed by atoms with van der Waals surface area (Å²) in [6, 6.07) is 3.56. The van der Waals surface area contributed by atoms with Crippen LogP contribution in [0.3, 0.4) is 0 Å². The fourth-order valence-electron chi connectivity index (χ4n) is 2.94. The van der Waals surface area contributed by atoms with Crippen LogP contribution in [-0.2, 0) is 4.79 Å². The van der Waals surface area contributed by atoms with Crippen molar-refractivity contribution < 1.29 is 14.3 Å². The zero-order valence-corrected chi connectivity index (χ0v) is 17.2. The molecule has 0 radical (unpaired) electrons. The van der Waals surface area contributed by atoms with E-state index in [0.29, 0.717) is 29.7 Å². The molecule has 1 heterocycles. The number of carbonyl (C=O) groups excluding carboxylic acids is 1. The van der Waals surface area contributed by atoms with Crippen molar-refractivity contribution in [2.45, 2.75) is 13.3 Å². The van der Waals surface area contributed by atoms with Gasteiger partial charge in [-0.3, -0.25) is 4.79 Å². The van der Waals surface area contributed by atoms with Crippen LogP contribution in [0.1, 0.15) is 18.9 Å². The van der Waals surface area contributed by atoms with E-state index in [1.54, 1.807) is 25.3 Å². The summed E-state index contributed by atoms with van der Waals surface area (Å²) in [6.07, 6.45) is 4.19. The van der Waals surface area contributed by atoms with Crippen LogP contribution in [0.4, 0.5) is 0 Å². The van der Waals surface area contributed by atoms with Crippen LogP contribution >= 0.6 is 11.6 Å². The van der Waals surface area contributed by atoms with Gasteiger partial charge >= 0.3 is 0 Å². The number of ether oxygens (including phenoxy) is 2. The lowest BCUT2D eigenvalue weighted by Gasteiger charge is -2.32. The minimum atomic E-state index is -0.114. The number of amides is 1. The van der Waals surface area contributed by atoms with Crippen LogP contribution in [0, 0.1) is 0 Å². The number of piperazine rings is 1. The molecular formula is C20H30ClN3O3. The van der Waals surface area contributed by atoms with Crippen LogP contribution in [0.2, 0.25) is 5.02 Å². The topological polar surface area (TPSA) is 54.0 Å². The van der Waals surface area contributed by atoms with Gasteiger partial charge in [0.25, 0.3) is 0 Å². The van der Waals surface area contributed by atoms with Crippen LogP contribution in [0.25, 0.3) is 6.08 Å². The summed E-state index contributed by atoms with van der Waals surface area (Å²) in [6.45, 7) is 8.51. The third-order valence-corrected chi connectivity index (χ3v) is 4.79. The van der Waals surface area contributed by atoms with E-state index in [1.165, 1.54) is 6.08 Å². The van der Waals surface area contributed by atoms with E-state index in [9.17, 15) is 4.79 Å². The maximum absolute atomic E-state index is 12.0. The Morgan fingerprint density at radius 2 is 2.04 bits per heavy atom. The van der Waals surface area contributed by atoms with Gasteiger partial charge in [-0.25, -0.2) is 0 Å². The van der Waals surface area contributed by atoms with Gasteiger partial charge in [-0.15, -0.1) is 0 Å². The fourth-order valence-corrected chi connectivity index (χ4v) is 3.21. The third-order valence-electron chi connectivity index (χ3n) is 4.51. The minimum Gasteiger partial charge on any atom is -0.493 e. The molecule has 1 aromatic carbocycles. The van der Waals surface area contributed by atoms with Crippen molar-refractivity contribution in [3.8, 4) is 11.5 Å². The van der Waals surface area contributed by atoms with Crippen LogP contribution in [0.5, 0.6) is 11.5 Å². The van der Waals surface area contributed by atoms with Crippen molar-refractivity contribution in [1.29, 1.82) is 0 Å². The minimum absolute atomic E-state index is 0.114. The molecule has 1 N–H and O–H groups in total. The molecule has 1 amide bonds. The second kappa shape index (κ2) is 11.2. The predicted octanol–water partition coefficient (Wildman–Crippen LogP) is 2.51. The molecule has 1 aliphatic rings. The van der Waals surface area contributed by atoms with Crippen LogP contribution < -0.4 is 14.8 Å². The summed E-state index contributed by atoms with van der Waals surface area (Å²) < 4.78 is 10.8. The average molecular weight is 396 g/mol. The van der Waals surface area contributed by atoms with Crippen LogP contribution in [0.15, 0.2) is 18.2 Å². The first-order valence-electron chi connectivity index (χ1n) is 9.40. The van der Waals surface area contributed by atoms with Crippen molar-refractivity contribution in [3.63, 3.8) is 0 Å².